The Morgan fingerprint density at radius 3 is 2.89 bits per heavy atom. The maximum absolute atomic E-state index is 13.0. The topological polar surface area (TPSA) is 142 Å². The number of nitrogens with zero attached hydrogens (tertiary/aromatic N) is 4. The molecule has 0 radical (unpaired) electrons. The summed E-state index contributed by atoms with van der Waals surface area (Å²) in [7, 11) is 1.67. The fourth-order valence-electron chi connectivity index (χ4n) is 5.19. The first kappa shape index (κ1) is 25.8. The van der Waals surface area contributed by atoms with E-state index in [0.29, 0.717) is 40.6 Å². The molecule has 3 aromatic rings. The quantitative estimate of drug-likeness (QED) is 0.423. The maximum Gasteiger partial charge on any atom is 0.263 e. The van der Waals surface area contributed by atoms with Gasteiger partial charge in [0.05, 0.1) is 35.7 Å². The molecule has 3 unspecified atom stereocenters. The van der Waals surface area contributed by atoms with Gasteiger partial charge in [0.15, 0.2) is 0 Å². The molecule has 11 heteroatoms. The highest BCUT2D eigenvalue weighted by atomic mass is 32.1. The molecule has 3 atom stereocenters. The number of methoxy groups -OCH3 is 1. The molecule has 3 aromatic heterocycles. The largest absolute Gasteiger partial charge is 0.396 e. The van der Waals surface area contributed by atoms with E-state index in [4.69, 9.17) is 25.9 Å². The van der Waals surface area contributed by atoms with Crippen molar-refractivity contribution in [3.05, 3.63) is 40.2 Å². The molecule has 0 aromatic carbocycles. The second kappa shape index (κ2) is 10.1. The molecule has 5 N–H and O–H groups in total. The van der Waals surface area contributed by atoms with Crippen LogP contribution < -0.4 is 21.7 Å². The summed E-state index contributed by atoms with van der Waals surface area (Å²) in [5.41, 5.74) is 16.2. The summed E-state index contributed by atoms with van der Waals surface area (Å²) in [6.07, 6.45) is 3.91. The summed E-state index contributed by atoms with van der Waals surface area (Å²) in [6.45, 7) is 7.80. The zero-order valence-corrected chi connectivity index (χ0v) is 22.6. The molecule has 1 fully saturated rings. The van der Waals surface area contributed by atoms with Gasteiger partial charge >= 0.3 is 0 Å². The molecule has 1 saturated heterocycles. The van der Waals surface area contributed by atoms with Gasteiger partial charge in [-0.05, 0) is 51.7 Å². The number of thiophene rings is 1. The minimum atomic E-state index is -0.401. The summed E-state index contributed by atoms with van der Waals surface area (Å²) in [5, 5.41) is 3.16. The molecule has 0 spiro atoms. The predicted molar refractivity (Wildman–Crippen MR) is 145 cm³/mol. The lowest BCUT2D eigenvalue weighted by atomic mass is 9.91. The van der Waals surface area contributed by atoms with Crippen molar-refractivity contribution in [2.24, 2.45) is 5.73 Å². The number of aryl methyl sites for hydroxylation is 2. The van der Waals surface area contributed by atoms with Crippen molar-refractivity contribution in [3.8, 4) is 0 Å². The van der Waals surface area contributed by atoms with E-state index >= 15 is 0 Å². The molecule has 10 nitrogen and oxygen atoms in total. The van der Waals surface area contributed by atoms with E-state index in [1.54, 1.807) is 13.3 Å². The third kappa shape index (κ3) is 5.40. The number of ether oxygens (including phenoxy) is 2. The van der Waals surface area contributed by atoms with Crippen LogP contribution in [0.15, 0.2) is 18.3 Å². The van der Waals surface area contributed by atoms with Gasteiger partial charge in [-0.3, -0.25) is 4.79 Å². The molecule has 2 aliphatic rings. The predicted octanol–water partition coefficient (Wildman–Crippen LogP) is 2.22. The van der Waals surface area contributed by atoms with Crippen LogP contribution in [-0.2, 0) is 22.3 Å². The van der Waals surface area contributed by atoms with Gasteiger partial charge in [0.25, 0.3) is 5.91 Å². The van der Waals surface area contributed by atoms with Gasteiger partial charge in [0.2, 0.25) is 0 Å². The van der Waals surface area contributed by atoms with E-state index < -0.39 is 5.60 Å². The maximum atomic E-state index is 13.0. The van der Waals surface area contributed by atoms with Crippen LogP contribution in [0.2, 0.25) is 0 Å². The van der Waals surface area contributed by atoms with E-state index in [1.807, 2.05) is 26.8 Å². The molecule has 1 amide bonds. The van der Waals surface area contributed by atoms with Crippen LogP contribution in [-0.4, -0.2) is 71.5 Å². The van der Waals surface area contributed by atoms with Crippen molar-refractivity contribution >= 4 is 39.1 Å². The van der Waals surface area contributed by atoms with Crippen molar-refractivity contribution < 1.29 is 14.3 Å². The molecule has 4 heterocycles. The van der Waals surface area contributed by atoms with E-state index in [-0.39, 0.29) is 24.1 Å². The molecule has 0 bridgehead atoms. The Morgan fingerprint density at radius 2 is 2.11 bits per heavy atom. The van der Waals surface area contributed by atoms with Crippen LogP contribution in [0, 0.1) is 6.92 Å². The number of anilines is 2. The number of nitrogens with two attached hydrogens (primary N) is 2. The standard InChI is InChI=1S/C26H35N7O3S/c1-14-10-29-22-21(28)23(37-25(22)30-14)24(34)31-16-6-7-18-15(9-16)5-8-20(32-18)33-11-17(27)19(12-33)36-26(2,3)13-35-4/h5,8,10,16-17,19H,6-7,9,11-13,27-28H2,1-4H3,(H,31,34). The molecular formula is C26H35N7O3S. The first-order valence-electron chi connectivity index (χ1n) is 12.6. The fourth-order valence-corrected chi connectivity index (χ4v) is 6.19. The van der Waals surface area contributed by atoms with Gasteiger partial charge in [0.1, 0.15) is 21.0 Å². The number of amides is 1. The van der Waals surface area contributed by atoms with Crippen LogP contribution in [0.1, 0.15) is 46.9 Å². The molecule has 198 valence electrons. The highest BCUT2D eigenvalue weighted by Crippen LogP contribution is 2.32. The van der Waals surface area contributed by atoms with Crippen LogP contribution in [0.3, 0.4) is 0 Å². The summed E-state index contributed by atoms with van der Waals surface area (Å²) in [4.78, 5) is 30.2. The minimum Gasteiger partial charge on any atom is -0.396 e. The lowest BCUT2D eigenvalue weighted by molar-refractivity contribution is -0.102. The normalized spacial score (nSPS) is 21.9. The fraction of sp³-hybridized carbons (Fsp3) is 0.538. The summed E-state index contributed by atoms with van der Waals surface area (Å²) < 4.78 is 11.5. The Kier molecular flexibility index (Phi) is 7.06. The Labute approximate surface area is 220 Å². The number of rotatable bonds is 7. The number of hydrogen-bond donors (Lipinski definition) is 3. The summed E-state index contributed by atoms with van der Waals surface area (Å²) in [6, 6.07) is 4.09. The molecule has 37 heavy (non-hydrogen) atoms. The van der Waals surface area contributed by atoms with E-state index in [0.717, 1.165) is 42.0 Å². The van der Waals surface area contributed by atoms with Gasteiger partial charge < -0.3 is 31.2 Å². The first-order valence-corrected chi connectivity index (χ1v) is 13.4. The Bertz CT molecular complexity index is 1310. The SMILES string of the molecule is COCC(C)(C)OC1CN(c2ccc3c(n2)CCC(NC(=O)c2sc4nc(C)cnc4c2N)C3)CC1N. The Morgan fingerprint density at radius 1 is 1.30 bits per heavy atom. The summed E-state index contributed by atoms with van der Waals surface area (Å²) in [5.74, 6) is 0.743. The average molecular weight is 526 g/mol. The van der Waals surface area contributed by atoms with E-state index in [9.17, 15) is 4.79 Å². The minimum absolute atomic E-state index is 0.0147. The Balaban J connectivity index is 1.23. The second-order valence-electron chi connectivity index (χ2n) is 10.6. The third-order valence-electron chi connectivity index (χ3n) is 6.95. The number of nitrogen functional groups attached to an aromatic ring is 1. The third-order valence-corrected chi connectivity index (χ3v) is 8.03. The average Bonchev–Trinajstić information content (AvgIpc) is 3.37. The van der Waals surface area contributed by atoms with E-state index in [1.165, 1.54) is 11.3 Å². The monoisotopic (exact) mass is 525 g/mol. The lowest BCUT2D eigenvalue weighted by Crippen LogP contribution is -2.43. The van der Waals surface area contributed by atoms with Crippen molar-refractivity contribution in [1.29, 1.82) is 0 Å². The van der Waals surface area contributed by atoms with Gasteiger partial charge in [-0.2, -0.15) is 0 Å². The van der Waals surface area contributed by atoms with Gasteiger partial charge in [-0.15, -0.1) is 11.3 Å². The number of carbonyl (C=O) groups excluding carboxylic acids is 1. The zero-order valence-electron chi connectivity index (χ0n) is 21.8. The highest BCUT2D eigenvalue weighted by Gasteiger charge is 2.36. The first-order chi connectivity index (χ1) is 17.6. The zero-order chi connectivity index (χ0) is 26.3. The smallest absolute Gasteiger partial charge is 0.263 e. The van der Waals surface area contributed by atoms with Crippen LogP contribution in [0.4, 0.5) is 11.5 Å². The van der Waals surface area contributed by atoms with Crippen molar-refractivity contribution in [3.63, 3.8) is 0 Å². The molecule has 1 aliphatic carbocycles. The molecule has 0 saturated carbocycles. The van der Waals surface area contributed by atoms with Crippen molar-refractivity contribution in [2.75, 3.05) is 37.4 Å². The number of fused-ring (bicyclic) bond motifs is 2. The summed E-state index contributed by atoms with van der Waals surface area (Å²) >= 11 is 1.29. The van der Waals surface area contributed by atoms with Crippen LogP contribution >= 0.6 is 11.3 Å². The van der Waals surface area contributed by atoms with Crippen LogP contribution in [0.25, 0.3) is 10.3 Å². The highest BCUT2D eigenvalue weighted by molar-refractivity contribution is 7.21. The van der Waals surface area contributed by atoms with Gasteiger partial charge in [0, 0.05) is 38.1 Å². The van der Waals surface area contributed by atoms with E-state index in [2.05, 4.69) is 26.3 Å². The van der Waals surface area contributed by atoms with Crippen LogP contribution in [0.5, 0.6) is 0 Å². The number of pyridine rings is 1. The second-order valence-corrected chi connectivity index (χ2v) is 11.6. The molecule has 5 rings (SSSR count). The Hall–Kier alpha value is -2.86. The molecular weight excluding hydrogens is 490 g/mol. The van der Waals surface area contributed by atoms with Crippen molar-refractivity contribution in [1.82, 2.24) is 20.3 Å². The van der Waals surface area contributed by atoms with Gasteiger partial charge in [-0.25, -0.2) is 15.0 Å². The number of carbonyl (C=O) groups is 1. The number of nitrogens with one attached hydrogen (secondary N) is 1. The van der Waals surface area contributed by atoms with Gasteiger partial charge in [-0.1, -0.05) is 6.07 Å². The number of aromatic nitrogens is 3. The van der Waals surface area contributed by atoms with Crippen molar-refractivity contribution in [2.45, 2.75) is 63.8 Å². The lowest BCUT2D eigenvalue weighted by Gasteiger charge is -2.30. The number of hydrogen-bond acceptors (Lipinski definition) is 10. The molecule has 1 aliphatic heterocycles.